The number of amides is 3. The van der Waals surface area contributed by atoms with Crippen LogP contribution in [-0.4, -0.2) is 46.2 Å². The smallest absolute Gasteiger partial charge is 0.420 e. The fourth-order valence-electron chi connectivity index (χ4n) is 1.31. The Labute approximate surface area is 99.0 Å². The number of nitrogens with one attached hydrogen (secondary N) is 1. The predicted octanol–water partition coefficient (Wildman–Crippen LogP) is 0.500. The summed E-state index contributed by atoms with van der Waals surface area (Å²) in [4.78, 5) is 33.2. The number of aliphatic carboxylic acids is 1. The van der Waals surface area contributed by atoms with Gasteiger partial charge in [0.2, 0.25) is 5.54 Å². The second-order valence-corrected chi connectivity index (χ2v) is 3.71. The first-order valence-electron chi connectivity index (χ1n) is 4.70. The molecular weight excluding hydrogens is 257 g/mol. The van der Waals surface area contributed by atoms with E-state index >= 15 is 0 Å². The van der Waals surface area contributed by atoms with Gasteiger partial charge in [0.15, 0.2) is 0 Å². The number of imide groups is 1. The molecule has 0 saturated carbocycles. The number of carboxylic acid groups (broad SMARTS) is 1. The van der Waals surface area contributed by atoms with E-state index in [1.165, 1.54) is 5.32 Å². The van der Waals surface area contributed by atoms with Crippen LogP contribution in [0.3, 0.4) is 0 Å². The van der Waals surface area contributed by atoms with Crippen LogP contribution in [0.2, 0.25) is 0 Å². The summed E-state index contributed by atoms with van der Waals surface area (Å²) in [6.07, 6.45) is -3.39. The quantitative estimate of drug-likeness (QED) is 0.575. The van der Waals surface area contributed by atoms with Crippen molar-refractivity contribution in [1.82, 2.24) is 10.2 Å². The zero-order chi connectivity index (χ0) is 14.1. The Morgan fingerprint density at radius 2 is 2.06 bits per heavy atom. The highest BCUT2D eigenvalue weighted by Gasteiger charge is 2.64. The molecule has 0 spiro atoms. The molecule has 0 radical (unpaired) electrons. The van der Waals surface area contributed by atoms with Crippen LogP contribution in [0.5, 0.6) is 0 Å². The Bertz CT molecular complexity index is 432. The highest BCUT2D eigenvalue weighted by molar-refractivity contribution is 6.07. The van der Waals surface area contributed by atoms with Gasteiger partial charge in [-0.3, -0.25) is 9.69 Å². The highest BCUT2D eigenvalue weighted by atomic mass is 19.4. The molecule has 0 aromatic heterocycles. The van der Waals surface area contributed by atoms with Gasteiger partial charge >= 0.3 is 18.2 Å². The number of carbonyl (C=O) groups is 3. The molecule has 2 N–H and O–H groups in total. The van der Waals surface area contributed by atoms with Gasteiger partial charge in [-0.15, -0.1) is 0 Å². The molecule has 1 aliphatic rings. The number of rotatable bonds is 3. The van der Waals surface area contributed by atoms with Crippen LogP contribution in [0.4, 0.5) is 18.0 Å². The van der Waals surface area contributed by atoms with Crippen molar-refractivity contribution in [2.45, 2.75) is 18.6 Å². The molecule has 1 saturated heterocycles. The van der Waals surface area contributed by atoms with Crippen LogP contribution in [0.25, 0.3) is 0 Å². The first-order chi connectivity index (χ1) is 8.09. The van der Waals surface area contributed by atoms with E-state index < -0.39 is 36.2 Å². The van der Waals surface area contributed by atoms with Crippen molar-refractivity contribution in [2.24, 2.45) is 0 Å². The van der Waals surface area contributed by atoms with Crippen LogP contribution >= 0.6 is 0 Å². The van der Waals surface area contributed by atoms with E-state index in [0.717, 1.165) is 6.08 Å². The zero-order valence-electron chi connectivity index (χ0n) is 9.11. The van der Waals surface area contributed by atoms with Gasteiger partial charge in [-0.2, -0.15) is 13.2 Å². The fraction of sp³-hybridized carbons (Fsp3) is 0.444. The first-order valence-corrected chi connectivity index (χ1v) is 4.70. The summed E-state index contributed by atoms with van der Waals surface area (Å²) in [5.74, 6) is -2.80. The van der Waals surface area contributed by atoms with Crippen LogP contribution in [0.15, 0.2) is 12.2 Å². The Morgan fingerprint density at radius 3 is 2.44 bits per heavy atom. The average molecular weight is 266 g/mol. The predicted molar refractivity (Wildman–Crippen MR) is 51.5 cm³/mol. The molecule has 1 aliphatic heterocycles. The summed E-state index contributed by atoms with van der Waals surface area (Å²) in [5, 5.41) is 9.82. The Kier molecular flexibility index (Phi) is 3.36. The van der Waals surface area contributed by atoms with E-state index in [9.17, 15) is 27.6 Å². The second kappa shape index (κ2) is 4.31. The molecule has 18 heavy (non-hydrogen) atoms. The van der Waals surface area contributed by atoms with Gasteiger partial charge in [0, 0.05) is 12.6 Å². The molecule has 6 nitrogen and oxygen atoms in total. The topological polar surface area (TPSA) is 86.7 Å². The second-order valence-electron chi connectivity index (χ2n) is 3.71. The minimum atomic E-state index is -4.93. The maximum absolute atomic E-state index is 12.6. The standard InChI is InChI=1S/C9H9F3N2O4/c1-8(9(10,11)12)6(17)14(7(18)13-8)4-2-3-5(15)16/h2-3H,4H2,1H3,(H,13,18)(H,15,16)/b3-2+. The lowest BCUT2D eigenvalue weighted by molar-refractivity contribution is -0.190. The number of nitrogens with zero attached hydrogens (tertiary/aromatic N) is 1. The van der Waals surface area contributed by atoms with Crippen molar-refractivity contribution in [1.29, 1.82) is 0 Å². The molecule has 3 amide bonds. The van der Waals surface area contributed by atoms with Gasteiger partial charge in [-0.1, -0.05) is 6.08 Å². The summed E-state index contributed by atoms with van der Waals surface area (Å²) in [6.45, 7) is 0.0107. The van der Waals surface area contributed by atoms with Crippen LogP contribution in [0.1, 0.15) is 6.92 Å². The number of carboxylic acids is 1. The molecule has 0 aromatic rings. The van der Waals surface area contributed by atoms with Crippen LogP contribution in [0, 0.1) is 0 Å². The maximum Gasteiger partial charge on any atom is 0.420 e. The molecule has 1 atom stereocenters. The lowest BCUT2D eigenvalue weighted by Gasteiger charge is -2.24. The maximum atomic E-state index is 12.6. The van der Waals surface area contributed by atoms with E-state index in [0.29, 0.717) is 17.9 Å². The molecule has 0 bridgehead atoms. The van der Waals surface area contributed by atoms with Crippen molar-refractivity contribution < 1.29 is 32.7 Å². The summed E-state index contributed by atoms with van der Waals surface area (Å²) < 4.78 is 37.9. The number of urea groups is 1. The van der Waals surface area contributed by atoms with Gasteiger partial charge in [-0.05, 0) is 6.92 Å². The third kappa shape index (κ3) is 2.29. The van der Waals surface area contributed by atoms with E-state index in [2.05, 4.69) is 0 Å². The molecule has 100 valence electrons. The van der Waals surface area contributed by atoms with Crippen molar-refractivity contribution >= 4 is 17.9 Å². The van der Waals surface area contributed by atoms with Gasteiger partial charge in [-0.25, -0.2) is 9.59 Å². The van der Waals surface area contributed by atoms with E-state index in [4.69, 9.17) is 5.11 Å². The molecule has 9 heteroatoms. The third-order valence-corrected chi connectivity index (χ3v) is 2.39. The van der Waals surface area contributed by atoms with Crippen molar-refractivity contribution in [3.63, 3.8) is 0 Å². The van der Waals surface area contributed by atoms with Crippen molar-refractivity contribution in [3.05, 3.63) is 12.2 Å². The number of carbonyl (C=O) groups excluding carboxylic acids is 2. The Balaban J connectivity index is 2.89. The van der Waals surface area contributed by atoms with Crippen LogP contribution < -0.4 is 5.32 Å². The minimum Gasteiger partial charge on any atom is -0.478 e. The Morgan fingerprint density at radius 1 is 1.50 bits per heavy atom. The van der Waals surface area contributed by atoms with Crippen molar-refractivity contribution in [2.75, 3.05) is 6.54 Å². The van der Waals surface area contributed by atoms with Crippen LogP contribution in [-0.2, 0) is 9.59 Å². The van der Waals surface area contributed by atoms with Crippen molar-refractivity contribution in [3.8, 4) is 0 Å². The lowest BCUT2D eigenvalue weighted by atomic mass is 10.0. The minimum absolute atomic E-state index is 0.299. The third-order valence-electron chi connectivity index (χ3n) is 2.39. The summed E-state index contributed by atoms with van der Waals surface area (Å²) in [7, 11) is 0. The van der Waals surface area contributed by atoms with Gasteiger partial charge in [0.25, 0.3) is 5.91 Å². The summed E-state index contributed by atoms with van der Waals surface area (Å²) >= 11 is 0. The molecule has 0 aliphatic carbocycles. The highest BCUT2D eigenvalue weighted by Crippen LogP contribution is 2.34. The first kappa shape index (κ1) is 14.0. The van der Waals surface area contributed by atoms with Gasteiger partial charge in [0.05, 0.1) is 0 Å². The molecule has 1 unspecified atom stereocenters. The molecule has 0 aromatic carbocycles. The zero-order valence-corrected chi connectivity index (χ0v) is 9.11. The van der Waals surface area contributed by atoms with E-state index in [1.807, 2.05) is 0 Å². The van der Waals surface area contributed by atoms with Gasteiger partial charge < -0.3 is 10.4 Å². The molecular formula is C9H9F3N2O4. The summed E-state index contributed by atoms with van der Waals surface area (Å²) in [6, 6.07) is -1.21. The lowest BCUT2D eigenvalue weighted by Crippen LogP contribution is -2.56. The number of alkyl halides is 3. The average Bonchev–Trinajstić information content (AvgIpc) is 2.41. The number of hydrogen-bond donors (Lipinski definition) is 2. The van der Waals surface area contributed by atoms with E-state index in [-0.39, 0.29) is 0 Å². The molecule has 1 heterocycles. The SMILES string of the molecule is CC1(C(F)(F)F)NC(=O)N(C/C=C/C(=O)O)C1=O. The Hall–Kier alpha value is -2.06. The number of hydrogen-bond acceptors (Lipinski definition) is 3. The molecule has 1 fully saturated rings. The number of halogens is 3. The largest absolute Gasteiger partial charge is 0.478 e. The monoisotopic (exact) mass is 266 g/mol. The molecule has 1 rings (SSSR count). The normalized spacial score (nSPS) is 24.8. The van der Waals surface area contributed by atoms with Gasteiger partial charge in [0.1, 0.15) is 0 Å². The fourth-order valence-corrected chi connectivity index (χ4v) is 1.31. The summed E-state index contributed by atoms with van der Waals surface area (Å²) in [5.41, 5.74) is -2.97. The van der Waals surface area contributed by atoms with E-state index in [1.54, 1.807) is 0 Å².